The van der Waals surface area contributed by atoms with Gasteiger partial charge in [-0.3, -0.25) is 15.0 Å². The van der Waals surface area contributed by atoms with E-state index in [2.05, 4.69) is 4.90 Å². The second kappa shape index (κ2) is 8.01. The highest BCUT2D eigenvalue weighted by atomic mass is 16.6. The van der Waals surface area contributed by atoms with Crippen LogP contribution in [-0.2, 0) is 6.54 Å². The summed E-state index contributed by atoms with van der Waals surface area (Å²) in [7, 11) is 1.95. The predicted molar refractivity (Wildman–Crippen MR) is 106 cm³/mol. The monoisotopic (exact) mass is 362 g/mol. The Hall–Kier alpha value is -3.18. The lowest BCUT2D eigenvalue weighted by molar-refractivity contribution is -0.385. The van der Waals surface area contributed by atoms with Crippen molar-refractivity contribution in [2.75, 3.05) is 7.05 Å². The first-order valence-electron chi connectivity index (χ1n) is 8.73. The van der Waals surface area contributed by atoms with Gasteiger partial charge in [-0.2, -0.15) is 0 Å². The SMILES string of the molecule is Cc1ccc([C@@H](c2cc([N+](=O)[O-])ccc2O)N(C)Cc2ccccc2)cc1. The molecule has 0 saturated carbocycles. The van der Waals surface area contributed by atoms with Gasteiger partial charge in [0.1, 0.15) is 5.75 Å². The zero-order valence-corrected chi connectivity index (χ0v) is 15.4. The van der Waals surface area contributed by atoms with Gasteiger partial charge in [-0.05, 0) is 31.2 Å². The van der Waals surface area contributed by atoms with Crippen LogP contribution in [0.2, 0.25) is 0 Å². The predicted octanol–water partition coefficient (Wildman–Crippen LogP) is 4.83. The van der Waals surface area contributed by atoms with E-state index in [1.807, 2.05) is 68.6 Å². The molecular weight excluding hydrogens is 340 g/mol. The first kappa shape index (κ1) is 18.6. The number of benzene rings is 3. The van der Waals surface area contributed by atoms with Gasteiger partial charge in [0.25, 0.3) is 5.69 Å². The molecule has 0 aliphatic rings. The standard InChI is InChI=1S/C22H22N2O3/c1-16-8-10-18(11-9-16)22(23(2)15-17-6-4-3-5-7-17)20-14-19(24(26)27)12-13-21(20)25/h3-14,22,25H,15H2,1-2H3/t22-/m0/s1. The quantitative estimate of drug-likeness (QED) is 0.504. The molecule has 0 saturated heterocycles. The van der Waals surface area contributed by atoms with E-state index in [0.29, 0.717) is 12.1 Å². The van der Waals surface area contributed by atoms with Crippen molar-refractivity contribution in [3.63, 3.8) is 0 Å². The topological polar surface area (TPSA) is 66.6 Å². The van der Waals surface area contributed by atoms with Gasteiger partial charge in [-0.25, -0.2) is 0 Å². The number of phenolic OH excluding ortho intramolecular Hbond substituents is 1. The molecular formula is C22H22N2O3. The molecule has 0 radical (unpaired) electrons. The molecule has 3 aromatic rings. The molecule has 27 heavy (non-hydrogen) atoms. The maximum Gasteiger partial charge on any atom is 0.270 e. The van der Waals surface area contributed by atoms with E-state index in [4.69, 9.17) is 0 Å². The van der Waals surface area contributed by atoms with E-state index in [9.17, 15) is 15.2 Å². The molecule has 3 aromatic carbocycles. The first-order valence-corrected chi connectivity index (χ1v) is 8.73. The molecule has 0 amide bonds. The molecule has 0 aromatic heterocycles. The number of rotatable bonds is 6. The van der Waals surface area contributed by atoms with Crippen LogP contribution in [0.25, 0.3) is 0 Å². The Morgan fingerprint density at radius 3 is 2.33 bits per heavy atom. The van der Waals surface area contributed by atoms with Gasteiger partial charge in [0, 0.05) is 24.2 Å². The molecule has 0 spiro atoms. The molecule has 3 rings (SSSR count). The fraction of sp³-hybridized carbons (Fsp3) is 0.182. The number of phenols is 1. The van der Waals surface area contributed by atoms with Crippen molar-refractivity contribution in [3.05, 3.63) is 105 Å². The number of nitrogens with zero attached hydrogens (tertiary/aromatic N) is 2. The van der Waals surface area contributed by atoms with Crippen LogP contribution in [0.1, 0.15) is 28.3 Å². The lowest BCUT2D eigenvalue weighted by atomic mass is 9.95. The summed E-state index contributed by atoms with van der Waals surface area (Å²) in [5.74, 6) is 0.0473. The van der Waals surface area contributed by atoms with Crippen molar-refractivity contribution >= 4 is 5.69 Å². The molecule has 1 atom stereocenters. The van der Waals surface area contributed by atoms with E-state index in [1.165, 1.54) is 18.2 Å². The second-order valence-electron chi connectivity index (χ2n) is 6.71. The van der Waals surface area contributed by atoms with Crippen molar-refractivity contribution in [2.45, 2.75) is 19.5 Å². The smallest absolute Gasteiger partial charge is 0.270 e. The molecule has 0 aliphatic carbocycles. The van der Waals surface area contributed by atoms with Crippen LogP contribution in [0.3, 0.4) is 0 Å². The minimum Gasteiger partial charge on any atom is -0.508 e. The van der Waals surface area contributed by atoms with Crippen LogP contribution in [0.5, 0.6) is 5.75 Å². The van der Waals surface area contributed by atoms with Crippen LogP contribution in [-0.4, -0.2) is 22.0 Å². The minimum absolute atomic E-state index is 0.0342. The van der Waals surface area contributed by atoms with Crippen LogP contribution < -0.4 is 0 Å². The van der Waals surface area contributed by atoms with Gasteiger partial charge in [0.15, 0.2) is 0 Å². The summed E-state index contributed by atoms with van der Waals surface area (Å²) in [6.45, 7) is 2.65. The van der Waals surface area contributed by atoms with Crippen molar-refractivity contribution in [1.29, 1.82) is 0 Å². The Morgan fingerprint density at radius 2 is 1.70 bits per heavy atom. The highest BCUT2D eigenvalue weighted by Crippen LogP contribution is 2.36. The zero-order chi connectivity index (χ0) is 19.4. The third-order valence-corrected chi connectivity index (χ3v) is 4.63. The molecule has 0 bridgehead atoms. The summed E-state index contributed by atoms with van der Waals surface area (Å²) in [5.41, 5.74) is 3.71. The Morgan fingerprint density at radius 1 is 1.04 bits per heavy atom. The third-order valence-electron chi connectivity index (χ3n) is 4.63. The zero-order valence-electron chi connectivity index (χ0n) is 15.4. The van der Waals surface area contributed by atoms with Crippen molar-refractivity contribution in [2.24, 2.45) is 0 Å². The van der Waals surface area contributed by atoms with Gasteiger partial charge < -0.3 is 5.11 Å². The summed E-state index contributed by atoms with van der Waals surface area (Å²) in [6, 6.07) is 21.9. The summed E-state index contributed by atoms with van der Waals surface area (Å²) >= 11 is 0. The van der Waals surface area contributed by atoms with E-state index >= 15 is 0 Å². The van der Waals surface area contributed by atoms with Crippen molar-refractivity contribution in [1.82, 2.24) is 4.90 Å². The number of aromatic hydroxyl groups is 1. The number of hydrogen-bond acceptors (Lipinski definition) is 4. The van der Waals surface area contributed by atoms with Crippen LogP contribution in [0, 0.1) is 17.0 Å². The maximum absolute atomic E-state index is 11.2. The lowest BCUT2D eigenvalue weighted by Gasteiger charge is -2.29. The normalized spacial score (nSPS) is 12.1. The fourth-order valence-electron chi connectivity index (χ4n) is 3.26. The highest BCUT2D eigenvalue weighted by Gasteiger charge is 2.24. The summed E-state index contributed by atoms with van der Waals surface area (Å²) in [5, 5.41) is 21.7. The Balaban J connectivity index is 2.06. The van der Waals surface area contributed by atoms with Gasteiger partial charge >= 0.3 is 0 Å². The Bertz CT molecular complexity index is 924. The number of aryl methyl sites for hydroxylation is 1. The third kappa shape index (κ3) is 4.33. The Labute approximate surface area is 158 Å². The van der Waals surface area contributed by atoms with E-state index < -0.39 is 4.92 Å². The highest BCUT2D eigenvalue weighted by molar-refractivity contribution is 5.48. The van der Waals surface area contributed by atoms with Crippen molar-refractivity contribution in [3.8, 4) is 5.75 Å². The molecule has 0 aliphatic heterocycles. The van der Waals surface area contributed by atoms with Gasteiger partial charge in [-0.15, -0.1) is 0 Å². The number of non-ortho nitro benzene ring substituents is 1. The molecule has 0 fully saturated rings. The minimum atomic E-state index is -0.438. The number of hydrogen-bond donors (Lipinski definition) is 1. The van der Waals surface area contributed by atoms with Crippen molar-refractivity contribution < 1.29 is 10.0 Å². The number of nitro groups is 1. The molecule has 138 valence electrons. The maximum atomic E-state index is 11.2. The van der Waals surface area contributed by atoms with E-state index in [1.54, 1.807) is 0 Å². The second-order valence-corrected chi connectivity index (χ2v) is 6.71. The van der Waals surface area contributed by atoms with Gasteiger partial charge in [0.2, 0.25) is 0 Å². The summed E-state index contributed by atoms with van der Waals surface area (Å²) in [4.78, 5) is 12.9. The number of nitro benzene ring substituents is 1. The molecule has 5 nitrogen and oxygen atoms in total. The van der Waals surface area contributed by atoms with E-state index in [0.717, 1.165) is 16.7 Å². The van der Waals surface area contributed by atoms with E-state index in [-0.39, 0.29) is 17.5 Å². The van der Waals surface area contributed by atoms with Gasteiger partial charge in [0.05, 0.1) is 11.0 Å². The molecule has 0 unspecified atom stereocenters. The Kier molecular flexibility index (Phi) is 5.52. The van der Waals surface area contributed by atoms with Crippen LogP contribution in [0.4, 0.5) is 5.69 Å². The lowest BCUT2D eigenvalue weighted by Crippen LogP contribution is -2.25. The largest absolute Gasteiger partial charge is 0.508 e. The molecule has 1 N–H and O–H groups in total. The first-order chi connectivity index (χ1) is 13.0. The molecule has 0 heterocycles. The average molecular weight is 362 g/mol. The molecule has 5 heteroatoms. The fourth-order valence-corrected chi connectivity index (χ4v) is 3.26. The van der Waals surface area contributed by atoms with Crippen LogP contribution >= 0.6 is 0 Å². The van der Waals surface area contributed by atoms with Crippen LogP contribution in [0.15, 0.2) is 72.8 Å². The van der Waals surface area contributed by atoms with Gasteiger partial charge in [-0.1, -0.05) is 60.2 Å². The average Bonchev–Trinajstić information content (AvgIpc) is 2.65. The summed E-state index contributed by atoms with van der Waals surface area (Å²) < 4.78 is 0. The summed E-state index contributed by atoms with van der Waals surface area (Å²) in [6.07, 6.45) is 0.